The van der Waals surface area contributed by atoms with E-state index in [-0.39, 0.29) is 12.1 Å². The Bertz CT molecular complexity index is 1610. The number of hydrogen-bond acceptors (Lipinski definition) is 3. The van der Waals surface area contributed by atoms with Crippen LogP contribution < -0.4 is 9.80 Å². The number of fused-ring (bicyclic) bond motifs is 2. The lowest BCUT2D eigenvalue weighted by molar-refractivity contribution is -0.183. The lowest BCUT2D eigenvalue weighted by atomic mass is 9.80. The van der Waals surface area contributed by atoms with Crippen LogP contribution in [-0.2, 0) is 30.7 Å². The van der Waals surface area contributed by atoms with Gasteiger partial charge in [-0.2, -0.15) is 26.3 Å². The first-order valence-corrected chi connectivity index (χ1v) is 16.3. The number of Topliss-reactive ketones (excluding diaryl/α,β-unsaturated/α-hetero) is 1. The summed E-state index contributed by atoms with van der Waals surface area (Å²) in [6, 6.07) is 27.5. The second kappa shape index (κ2) is 13.3. The number of nitrogens with zero attached hydrogens (tertiary/aromatic N) is 2. The van der Waals surface area contributed by atoms with Crippen molar-refractivity contribution in [3.8, 4) is 0 Å². The first-order chi connectivity index (χ1) is 22.8. The molecule has 0 amide bonds. The minimum absolute atomic E-state index is 0.105. The van der Waals surface area contributed by atoms with Gasteiger partial charge in [-0.05, 0) is 85.0 Å². The van der Waals surface area contributed by atoms with Crippen molar-refractivity contribution in [2.24, 2.45) is 0 Å². The Labute approximate surface area is 277 Å². The Hall–Kier alpha value is -4.27. The SMILES string of the molecule is CC1CCc2cc([C@@H](C(=O)[C@H](c3ccc4c(c3)CCC(C)N4Cc3ccccc3)C(F)(F)F)C(F)(F)F)ccc2N1Cc1ccccc1. The Balaban J connectivity index is 1.34. The van der Waals surface area contributed by atoms with Crippen molar-refractivity contribution in [1.29, 1.82) is 0 Å². The minimum Gasteiger partial charge on any atom is -0.364 e. The zero-order chi connectivity index (χ0) is 34.2. The first-order valence-electron chi connectivity index (χ1n) is 16.3. The van der Waals surface area contributed by atoms with Crippen LogP contribution in [0.2, 0.25) is 0 Å². The molecule has 2 unspecified atom stereocenters. The summed E-state index contributed by atoms with van der Waals surface area (Å²) < 4.78 is 88.5. The maximum atomic E-state index is 14.7. The summed E-state index contributed by atoms with van der Waals surface area (Å²) in [5.74, 6) is -7.77. The third-order valence-electron chi connectivity index (χ3n) is 9.83. The van der Waals surface area contributed by atoms with Crippen molar-refractivity contribution in [3.63, 3.8) is 0 Å². The van der Waals surface area contributed by atoms with Gasteiger partial charge in [0.25, 0.3) is 0 Å². The van der Waals surface area contributed by atoms with Crippen molar-refractivity contribution in [2.75, 3.05) is 9.80 Å². The normalized spacial score (nSPS) is 19.3. The molecule has 0 spiro atoms. The molecule has 9 heteroatoms. The number of carbonyl (C=O) groups is 1. The van der Waals surface area contributed by atoms with Crippen LogP contribution in [0.4, 0.5) is 37.7 Å². The van der Waals surface area contributed by atoms with Crippen LogP contribution in [0.25, 0.3) is 0 Å². The van der Waals surface area contributed by atoms with Gasteiger partial charge in [-0.25, -0.2) is 0 Å². The number of aryl methyl sites for hydroxylation is 2. The summed E-state index contributed by atoms with van der Waals surface area (Å²) >= 11 is 0. The van der Waals surface area contributed by atoms with Gasteiger partial charge in [0.15, 0.2) is 5.78 Å². The molecule has 0 saturated heterocycles. The first kappa shape index (κ1) is 33.6. The largest absolute Gasteiger partial charge is 0.402 e. The topological polar surface area (TPSA) is 23.6 Å². The number of anilines is 2. The Morgan fingerprint density at radius 1 is 0.625 bits per heavy atom. The molecule has 3 nitrogen and oxygen atoms in total. The number of alkyl halides is 6. The maximum Gasteiger partial charge on any atom is 0.402 e. The fourth-order valence-corrected chi connectivity index (χ4v) is 7.28. The molecule has 2 heterocycles. The molecule has 4 atom stereocenters. The van der Waals surface area contributed by atoms with Gasteiger partial charge in [0.05, 0.1) is 0 Å². The van der Waals surface area contributed by atoms with E-state index in [1.807, 2.05) is 74.5 Å². The van der Waals surface area contributed by atoms with Crippen LogP contribution in [0.5, 0.6) is 0 Å². The van der Waals surface area contributed by atoms with Crippen LogP contribution in [0, 0.1) is 0 Å². The molecule has 0 fully saturated rings. The predicted molar refractivity (Wildman–Crippen MR) is 176 cm³/mol. The molecule has 6 rings (SSSR count). The van der Waals surface area contributed by atoms with Gasteiger partial charge in [-0.1, -0.05) is 84.9 Å². The standard InChI is InChI=1S/C39H38F6N2O/c1-25-13-15-29-21-31(17-19-33(29)46(25)23-27-9-5-3-6-10-27)35(38(40,41)42)37(48)36(39(43,44)45)32-18-20-34-30(22-32)16-14-26(2)47(34)24-28-11-7-4-8-12-28/h3-12,17-22,25-26,35-36H,13-16,23-24H2,1-2H3/t25?,26?,35-,36-/m0/s1. The Morgan fingerprint density at radius 2 is 1.00 bits per heavy atom. The van der Waals surface area contributed by atoms with E-state index in [0.717, 1.165) is 22.5 Å². The molecule has 0 bridgehead atoms. The number of carbonyl (C=O) groups excluding carboxylic acids is 1. The van der Waals surface area contributed by atoms with Crippen molar-refractivity contribution in [2.45, 2.75) is 88.9 Å². The van der Waals surface area contributed by atoms with Crippen molar-refractivity contribution in [3.05, 3.63) is 130 Å². The third kappa shape index (κ3) is 6.96. The second-order valence-electron chi connectivity index (χ2n) is 13.1. The average molecular weight is 665 g/mol. The molecule has 48 heavy (non-hydrogen) atoms. The molecule has 2 aliphatic rings. The van der Waals surface area contributed by atoms with Crippen molar-refractivity contribution < 1.29 is 31.1 Å². The van der Waals surface area contributed by atoms with Crippen LogP contribution in [0.3, 0.4) is 0 Å². The minimum atomic E-state index is -5.23. The molecule has 252 valence electrons. The molecule has 0 aromatic heterocycles. The molecule has 0 N–H and O–H groups in total. The molecule has 4 aromatic rings. The van der Waals surface area contributed by atoms with Gasteiger partial charge >= 0.3 is 12.4 Å². The number of rotatable bonds is 8. The third-order valence-corrected chi connectivity index (χ3v) is 9.83. The molecule has 2 aliphatic heterocycles. The van der Waals surface area contributed by atoms with Gasteiger partial charge in [0.2, 0.25) is 0 Å². The Kier molecular flexibility index (Phi) is 9.33. The monoisotopic (exact) mass is 664 g/mol. The Morgan fingerprint density at radius 3 is 1.35 bits per heavy atom. The summed E-state index contributed by atoms with van der Waals surface area (Å²) in [6.45, 7) is 5.14. The second-order valence-corrected chi connectivity index (χ2v) is 13.1. The maximum absolute atomic E-state index is 14.7. The summed E-state index contributed by atoms with van der Waals surface area (Å²) in [6.07, 6.45) is -8.21. The van der Waals surface area contributed by atoms with E-state index in [9.17, 15) is 31.1 Å². The highest BCUT2D eigenvalue weighted by molar-refractivity contribution is 5.93. The molecule has 0 radical (unpaired) electrons. The van der Waals surface area contributed by atoms with Gasteiger partial charge in [-0.3, -0.25) is 4.79 Å². The van der Waals surface area contributed by atoms with Crippen LogP contribution in [-0.4, -0.2) is 30.2 Å². The molecular weight excluding hydrogens is 626 g/mol. The van der Waals surface area contributed by atoms with Crippen LogP contribution in [0.1, 0.15) is 71.9 Å². The highest BCUT2D eigenvalue weighted by atomic mass is 19.4. The highest BCUT2D eigenvalue weighted by Gasteiger charge is 2.55. The van der Waals surface area contributed by atoms with E-state index in [1.165, 1.54) is 36.4 Å². The molecule has 4 aromatic carbocycles. The van der Waals surface area contributed by atoms with Crippen LogP contribution >= 0.6 is 0 Å². The predicted octanol–water partition coefficient (Wildman–Crippen LogP) is 9.93. The fraction of sp³-hybridized carbons (Fsp3) is 0.359. The number of hydrogen-bond donors (Lipinski definition) is 0. The highest BCUT2D eigenvalue weighted by Crippen LogP contribution is 2.47. The van der Waals surface area contributed by atoms with E-state index in [4.69, 9.17) is 0 Å². The molecular formula is C39H38F6N2O. The van der Waals surface area contributed by atoms with E-state index < -0.39 is 41.1 Å². The molecule has 0 aliphatic carbocycles. The van der Waals surface area contributed by atoms with E-state index in [0.29, 0.717) is 49.9 Å². The van der Waals surface area contributed by atoms with Gasteiger partial charge in [0, 0.05) is 36.5 Å². The summed E-state index contributed by atoms with van der Waals surface area (Å²) in [5, 5.41) is 0. The average Bonchev–Trinajstić information content (AvgIpc) is 3.03. The fourth-order valence-electron chi connectivity index (χ4n) is 7.28. The van der Waals surface area contributed by atoms with Gasteiger partial charge < -0.3 is 9.80 Å². The number of ketones is 1. The zero-order valence-electron chi connectivity index (χ0n) is 26.9. The van der Waals surface area contributed by atoms with Gasteiger partial charge in [0.1, 0.15) is 11.8 Å². The van der Waals surface area contributed by atoms with E-state index in [1.54, 1.807) is 0 Å². The van der Waals surface area contributed by atoms with E-state index in [2.05, 4.69) is 9.80 Å². The number of halogens is 6. The quantitative estimate of drug-likeness (QED) is 0.175. The lowest BCUT2D eigenvalue weighted by Crippen LogP contribution is -2.39. The summed E-state index contributed by atoms with van der Waals surface area (Å²) in [5.41, 5.74) is 3.77. The van der Waals surface area contributed by atoms with Crippen molar-refractivity contribution in [1.82, 2.24) is 0 Å². The lowest BCUT2D eigenvalue weighted by Gasteiger charge is -2.38. The smallest absolute Gasteiger partial charge is 0.364 e. The summed E-state index contributed by atoms with van der Waals surface area (Å²) in [7, 11) is 0. The summed E-state index contributed by atoms with van der Waals surface area (Å²) in [4.78, 5) is 17.9. The van der Waals surface area contributed by atoms with E-state index >= 15 is 0 Å². The zero-order valence-corrected chi connectivity index (χ0v) is 26.9. The molecule has 0 saturated carbocycles. The number of benzene rings is 4. The van der Waals surface area contributed by atoms with Crippen LogP contribution in [0.15, 0.2) is 97.1 Å². The van der Waals surface area contributed by atoms with Crippen molar-refractivity contribution >= 4 is 17.2 Å². The van der Waals surface area contributed by atoms with Gasteiger partial charge in [-0.15, -0.1) is 0 Å².